The fourth-order valence-electron chi connectivity index (χ4n) is 4.31. The van der Waals surface area contributed by atoms with Crippen molar-refractivity contribution >= 4 is 22.7 Å². The van der Waals surface area contributed by atoms with E-state index in [9.17, 15) is 9.59 Å². The van der Waals surface area contributed by atoms with Crippen molar-refractivity contribution in [1.29, 1.82) is 0 Å². The van der Waals surface area contributed by atoms with Gasteiger partial charge in [-0.3, -0.25) is 9.59 Å². The van der Waals surface area contributed by atoms with Gasteiger partial charge in [0.25, 0.3) is 0 Å². The first kappa shape index (κ1) is 14.1. The van der Waals surface area contributed by atoms with Crippen molar-refractivity contribution < 1.29 is 9.59 Å². The predicted octanol–water partition coefficient (Wildman–Crippen LogP) is 2.24. The molecule has 3 aliphatic rings. The van der Waals surface area contributed by atoms with Crippen LogP contribution in [0, 0.1) is 5.92 Å². The number of H-pyrrole nitrogens is 1. The first-order valence-electron chi connectivity index (χ1n) is 8.90. The SMILES string of the molecule is O=C(C1CC1)N1CCC2c3[nH]c4ccccc4c3CCN2C(=O)C1. The van der Waals surface area contributed by atoms with Crippen LogP contribution in [0.4, 0.5) is 0 Å². The van der Waals surface area contributed by atoms with Gasteiger partial charge < -0.3 is 14.8 Å². The highest BCUT2D eigenvalue weighted by atomic mass is 16.2. The molecule has 2 aromatic rings. The molecule has 2 amide bonds. The molecule has 1 saturated heterocycles. The molecule has 5 heteroatoms. The van der Waals surface area contributed by atoms with Crippen LogP contribution >= 0.6 is 0 Å². The standard InChI is InChI=1S/C19H21N3O2/c23-17-11-21(19(24)12-5-6-12)9-8-16-18-14(7-10-22(16)17)13-3-1-2-4-15(13)20-18/h1-4,12,16,20H,5-11H2. The van der Waals surface area contributed by atoms with E-state index in [1.807, 2.05) is 11.0 Å². The maximum atomic E-state index is 12.7. The molecule has 1 saturated carbocycles. The van der Waals surface area contributed by atoms with Gasteiger partial charge in [-0.05, 0) is 37.3 Å². The number of para-hydroxylation sites is 1. The van der Waals surface area contributed by atoms with Crippen LogP contribution in [0.3, 0.4) is 0 Å². The Morgan fingerprint density at radius 1 is 1.12 bits per heavy atom. The van der Waals surface area contributed by atoms with E-state index < -0.39 is 0 Å². The van der Waals surface area contributed by atoms with Crippen molar-refractivity contribution in [2.75, 3.05) is 19.6 Å². The Bertz CT molecular complexity index is 836. The van der Waals surface area contributed by atoms with Crippen LogP contribution in [-0.4, -0.2) is 46.2 Å². The molecule has 1 unspecified atom stereocenters. The number of hydrogen-bond donors (Lipinski definition) is 1. The summed E-state index contributed by atoms with van der Waals surface area (Å²) >= 11 is 0. The largest absolute Gasteiger partial charge is 0.356 e. The van der Waals surface area contributed by atoms with Crippen LogP contribution in [-0.2, 0) is 16.0 Å². The summed E-state index contributed by atoms with van der Waals surface area (Å²) in [6.45, 7) is 1.68. The van der Waals surface area contributed by atoms with Gasteiger partial charge in [-0.2, -0.15) is 0 Å². The lowest BCUT2D eigenvalue weighted by Crippen LogP contribution is -2.42. The number of rotatable bonds is 1. The molecule has 1 aromatic heterocycles. The van der Waals surface area contributed by atoms with Crippen molar-refractivity contribution in [2.24, 2.45) is 5.92 Å². The van der Waals surface area contributed by atoms with Crippen LogP contribution < -0.4 is 0 Å². The van der Waals surface area contributed by atoms with Crippen LogP contribution in [0.5, 0.6) is 0 Å². The smallest absolute Gasteiger partial charge is 0.242 e. The van der Waals surface area contributed by atoms with E-state index in [0.29, 0.717) is 6.54 Å². The van der Waals surface area contributed by atoms with Crippen molar-refractivity contribution in [1.82, 2.24) is 14.8 Å². The zero-order valence-corrected chi connectivity index (χ0v) is 13.6. The lowest BCUT2D eigenvalue weighted by Gasteiger charge is -2.34. The zero-order valence-electron chi connectivity index (χ0n) is 13.6. The van der Waals surface area contributed by atoms with E-state index in [1.54, 1.807) is 4.90 Å². The monoisotopic (exact) mass is 323 g/mol. The fraction of sp³-hybridized carbons (Fsp3) is 0.474. The van der Waals surface area contributed by atoms with Gasteiger partial charge >= 0.3 is 0 Å². The number of carbonyl (C=O) groups is 2. The third-order valence-electron chi connectivity index (χ3n) is 5.72. The minimum absolute atomic E-state index is 0.0747. The molecule has 2 aliphatic heterocycles. The quantitative estimate of drug-likeness (QED) is 0.875. The molecule has 0 bridgehead atoms. The summed E-state index contributed by atoms with van der Waals surface area (Å²) in [6.07, 6.45) is 3.69. The molecule has 24 heavy (non-hydrogen) atoms. The summed E-state index contributed by atoms with van der Waals surface area (Å²) < 4.78 is 0. The summed E-state index contributed by atoms with van der Waals surface area (Å²) in [6, 6.07) is 8.43. The molecule has 2 fully saturated rings. The molecule has 5 nitrogen and oxygen atoms in total. The van der Waals surface area contributed by atoms with Crippen molar-refractivity contribution in [3.05, 3.63) is 35.5 Å². The minimum Gasteiger partial charge on any atom is -0.356 e. The average Bonchev–Trinajstić information content (AvgIpc) is 3.39. The van der Waals surface area contributed by atoms with Gasteiger partial charge in [0, 0.05) is 35.6 Å². The van der Waals surface area contributed by atoms with E-state index in [2.05, 4.69) is 23.2 Å². The predicted molar refractivity (Wildman–Crippen MR) is 90.4 cm³/mol. The molecule has 0 spiro atoms. The Balaban J connectivity index is 1.50. The zero-order chi connectivity index (χ0) is 16.3. The summed E-state index contributed by atoms with van der Waals surface area (Å²) in [5.74, 6) is 0.451. The van der Waals surface area contributed by atoms with E-state index in [-0.39, 0.29) is 30.3 Å². The Morgan fingerprint density at radius 3 is 2.79 bits per heavy atom. The Labute approximate surface area is 140 Å². The highest BCUT2D eigenvalue weighted by Crippen LogP contribution is 2.38. The summed E-state index contributed by atoms with van der Waals surface area (Å²) in [4.78, 5) is 32.5. The van der Waals surface area contributed by atoms with Crippen molar-refractivity contribution in [3.63, 3.8) is 0 Å². The first-order valence-corrected chi connectivity index (χ1v) is 8.90. The number of aromatic nitrogens is 1. The number of hydrogen-bond acceptors (Lipinski definition) is 2. The second-order valence-electron chi connectivity index (χ2n) is 7.24. The van der Waals surface area contributed by atoms with Crippen molar-refractivity contribution in [3.8, 4) is 0 Å². The maximum Gasteiger partial charge on any atom is 0.242 e. The molecule has 124 valence electrons. The van der Waals surface area contributed by atoms with Crippen LogP contribution in [0.25, 0.3) is 10.9 Å². The molecule has 5 rings (SSSR count). The van der Waals surface area contributed by atoms with Crippen molar-refractivity contribution in [2.45, 2.75) is 31.7 Å². The fourth-order valence-corrected chi connectivity index (χ4v) is 4.31. The summed E-state index contributed by atoms with van der Waals surface area (Å²) in [5.41, 5.74) is 3.67. The molecule has 0 radical (unpaired) electrons. The molecule has 3 heterocycles. The van der Waals surface area contributed by atoms with E-state index in [4.69, 9.17) is 0 Å². The lowest BCUT2D eigenvalue weighted by molar-refractivity contribution is -0.140. The van der Waals surface area contributed by atoms with Gasteiger partial charge in [-0.15, -0.1) is 0 Å². The van der Waals surface area contributed by atoms with Gasteiger partial charge in [0.15, 0.2) is 0 Å². The Hall–Kier alpha value is -2.30. The molecule has 1 aliphatic carbocycles. The van der Waals surface area contributed by atoms with E-state index in [1.165, 1.54) is 16.6 Å². The van der Waals surface area contributed by atoms with Gasteiger partial charge in [0.1, 0.15) is 0 Å². The Morgan fingerprint density at radius 2 is 1.96 bits per heavy atom. The lowest BCUT2D eigenvalue weighted by atomic mass is 9.95. The molecular formula is C19H21N3O2. The highest BCUT2D eigenvalue weighted by Gasteiger charge is 2.40. The van der Waals surface area contributed by atoms with E-state index in [0.717, 1.165) is 37.7 Å². The number of carbonyl (C=O) groups excluding carboxylic acids is 2. The molecule has 1 atom stereocenters. The summed E-state index contributed by atoms with van der Waals surface area (Å²) in [7, 11) is 0. The second-order valence-corrected chi connectivity index (χ2v) is 7.24. The normalized spacial score (nSPS) is 23.8. The van der Waals surface area contributed by atoms with Crippen LogP contribution in [0.2, 0.25) is 0 Å². The van der Waals surface area contributed by atoms with Gasteiger partial charge in [0.05, 0.1) is 12.6 Å². The molecule has 1 aromatic carbocycles. The number of amides is 2. The maximum absolute atomic E-state index is 12.7. The van der Waals surface area contributed by atoms with Gasteiger partial charge in [-0.25, -0.2) is 0 Å². The third kappa shape index (κ3) is 2.07. The molecular weight excluding hydrogens is 302 g/mol. The minimum atomic E-state index is 0.0747. The second kappa shape index (κ2) is 5.10. The molecule has 1 N–H and O–H groups in total. The third-order valence-corrected chi connectivity index (χ3v) is 5.72. The van der Waals surface area contributed by atoms with E-state index >= 15 is 0 Å². The number of nitrogens with one attached hydrogen (secondary N) is 1. The number of fused-ring (bicyclic) bond motifs is 5. The van der Waals surface area contributed by atoms with Crippen LogP contribution in [0.1, 0.15) is 36.6 Å². The summed E-state index contributed by atoms with van der Waals surface area (Å²) in [5, 5.41) is 1.27. The number of aromatic amines is 1. The van der Waals surface area contributed by atoms with Gasteiger partial charge in [0.2, 0.25) is 11.8 Å². The highest BCUT2D eigenvalue weighted by molar-refractivity contribution is 5.89. The first-order chi connectivity index (χ1) is 11.7. The number of benzene rings is 1. The topological polar surface area (TPSA) is 56.4 Å². The van der Waals surface area contributed by atoms with Gasteiger partial charge in [-0.1, -0.05) is 18.2 Å². The number of nitrogens with zero attached hydrogens (tertiary/aromatic N) is 2. The van der Waals surface area contributed by atoms with Crippen LogP contribution in [0.15, 0.2) is 24.3 Å². The Kier molecular flexibility index (Phi) is 2.99. The average molecular weight is 323 g/mol.